The Morgan fingerprint density at radius 3 is 2.44 bits per heavy atom. The molecule has 0 amide bonds. The zero-order valence-electron chi connectivity index (χ0n) is 4.48. The van der Waals surface area contributed by atoms with E-state index in [2.05, 4.69) is 10.2 Å². The van der Waals surface area contributed by atoms with E-state index in [4.69, 9.17) is 16.6 Å². The third-order valence-corrected chi connectivity index (χ3v) is 0.341. The summed E-state index contributed by atoms with van der Waals surface area (Å²) in [6, 6.07) is 0. The number of rotatable bonds is 2. The van der Waals surface area contributed by atoms with Crippen molar-refractivity contribution < 1.29 is 9.90 Å². The van der Waals surface area contributed by atoms with Gasteiger partial charge in [0.2, 0.25) is 5.96 Å². The Morgan fingerprint density at radius 1 is 1.56 bits per heavy atom. The lowest BCUT2D eigenvalue weighted by Crippen LogP contribution is -2.21. The molecule has 6 heteroatoms. The van der Waals surface area contributed by atoms with Crippen LogP contribution in [0.15, 0.2) is 10.2 Å². The first kappa shape index (κ1) is 7.41. The molecule has 0 spiro atoms. The predicted octanol–water partition coefficient (Wildman–Crippen LogP) is -1.67. The zero-order valence-corrected chi connectivity index (χ0v) is 4.48. The predicted molar refractivity (Wildman–Crippen MR) is 31.9 cm³/mol. The van der Waals surface area contributed by atoms with Gasteiger partial charge in [0, 0.05) is 0 Å². The molecule has 0 heterocycles. The molecule has 0 saturated heterocycles. The van der Waals surface area contributed by atoms with Gasteiger partial charge in [-0.1, -0.05) is 0 Å². The Labute approximate surface area is 50.9 Å². The van der Waals surface area contributed by atoms with Crippen molar-refractivity contribution in [1.82, 2.24) is 0 Å². The van der Waals surface area contributed by atoms with Gasteiger partial charge in [-0.05, 0) is 0 Å². The van der Waals surface area contributed by atoms with Gasteiger partial charge in [0.1, 0.15) is 6.21 Å². The number of carboxylic acids is 1. The Kier molecular flexibility index (Phi) is 2.81. The van der Waals surface area contributed by atoms with Crippen LogP contribution in [0.2, 0.25) is 0 Å². The lowest BCUT2D eigenvalue weighted by atomic mass is 10.8. The fourth-order valence-corrected chi connectivity index (χ4v) is 0.145. The van der Waals surface area contributed by atoms with Crippen LogP contribution in [-0.4, -0.2) is 23.2 Å². The maximum absolute atomic E-state index is 9.68. The molecule has 50 valence electrons. The Hall–Kier alpha value is -1.59. The second-order valence-electron chi connectivity index (χ2n) is 1.11. The van der Waals surface area contributed by atoms with E-state index in [1.165, 1.54) is 0 Å². The lowest BCUT2D eigenvalue weighted by molar-refractivity contribution is -0.128. The Bertz CT molecular complexity index is 157. The smallest absolute Gasteiger partial charge is 0.348 e. The number of hydrogen-bond donors (Lipinski definition) is 3. The van der Waals surface area contributed by atoms with E-state index < -0.39 is 5.97 Å². The molecule has 0 aliphatic rings. The highest BCUT2D eigenvalue weighted by Crippen LogP contribution is 1.65. The highest BCUT2D eigenvalue weighted by atomic mass is 16.4. The molecule has 0 aromatic heterocycles. The quantitative estimate of drug-likeness (QED) is 0.235. The van der Waals surface area contributed by atoms with Crippen molar-refractivity contribution in [1.29, 1.82) is 0 Å². The van der Waals surface area contributed by atoms with Gasteiger partial charge in [0.05, 0.1) is 0 Å². The first-order valence-corrected chi connectivity index (χ1v) is 1.98. The number of carbonyl (C=O) groups is 1. The molecule has 0 radical (unpaired) electrons. The van der Waals surface area contributed by atoms with Crippen molar-refractivity contribution in [3.63, 3.8) is 0 Å². The second-order valence-corrected chi connectivity index (χ2v) is 1.11. The van der Waals surface area contributed by atoms with Crippen LogP contribution < -0.4 is 11.5 Å². The van der Waals surface area contributed by atoms with Crippen molar-refractivity contribution in [3.8, 4) is 0 Å². The van der Waals surface area contributed by atoms with Gasteiger partial charge < -0.3 is 16.6 Å². The largest absolute Gasteiger partial charge is 0.477 e. The summed E-state index contributed by atoms with van der Waals surface area (Å²) in [4.78, 5) is 9.68. The Morgan fingerprint density at radius 2 is 2.11 bits per heavy atom. The van der Waals surface area contributed by atoms with Crippen molar-refractivity contribution in [3.05, 3.63) is 0 Å². The van der Waals surface area contributed by atoms with Crippen LogP contribution in [0.3, 0.4) is 0 Å². The molecule has 0 aliphatic carbocycles. The van der Waals surface area contributed by atoms with E-state index in [1.807, 2.05) is 0 Å². The van der Waals surface area contributed by atoms with E-state index in [-0.39, 0.29) is 5.96 Å². The third kappa shape index (κ3) is 6.41. The Balaban J connectivity index is 3.74. The first-order valence-electron chi connectivity index (χ1n) is 1.98. The summed E-state index contributed by atoms with van der Waals surface area (Å²) in [5, 5.41) is 13.9. The summed E-state index contributed by atoms with van der Waals surface area (Å²) >= 11 is 0. The van der Waals surface area contributed by atoms with E-state index in [0.29, 0.717) is 6.21 Å². The van der Waals surface area contributed by atoms with Crippen LogP contribution in [0.1, 0.15) is 0 Å². The standard InChI is InChI=1S/C3H6N4O2/c4-3(5)7-6-1-2(8)9/h1H,(H,8,9)(H4,4,5,7)/b6-1+. The molecular formula is C3H6N4O2. The third-order valence-electron chi connectivity index (χ3n) is 0.341. The van der Waals surface area contributed by atoms with E-state index in [9.17, 15) is 4.79 Å². The topological polar surface area (TPSA) is 114 Å². The van der Waals surface area contributed by atoms with Crippen molar-refractivity contribution >= 4 is 18.1 Å². The summed E-state index contributed by atoms with van der Waals surface area (Å²) in [6.45, 7) is 0. The fourth-order valence-electron chi connectivity index (χ4n) is 0.145. The number of hydrogen-bond acceptors (Lipinski definition) is 3. The van der Waals surface area contributed by atoms with Crippen LogP contribution >= 0.6 is 0 Å². The van der Waals surface area contributed by atoms with E-state index >= 15 is 0 Å². The SMILES string of the molecule is NC(N)=N/N=C/C(=O)O. The average Bonchev–Trinajstić information content (AvgIpc) is 1.63. The summed E-state index contributed by atoms with van der Waals surface area (Å²) in [7, 11) is 0. The fraction of sp³-hybridized carbons (Fsp3) is 0. The van der Waals surface area contributed by atoms with E-state index in [1.54, 1.807) is 0 Å². The minimum Gasteiger partial charge on any atom is -0.477 e. The number of guanidine groups is 1. The summed E-state index contributed by atoms with van der Waals surface area (Å²) in [6.07, 6.45) is 0.583. The zero-order chi connectivity index (χ0) is 7.28. The van der Waals surface area contributed by atoms with Gasteiger partial charge in [-0.2, -0.15) is 0 Å². The highest BCUT2D eigenvalue weighted by molar-refractivity contribution is 6.22. The van der Waals surface area contributed by atoms with Crippen LogP contribution in [0, 0.1) is 0 Å². The van der Waals surface area contributed by atoms with Crippen molar-refractivity contribution in [2.24, 2.45) is 21.7 Å². The molecule has 0 aromatic carbocycles. The monoisotopic (exact) mass is 130 g/mol. The number of nitrogens with zero attached hydrogens (tertiary/aromatic N) is 2. The first-order chi connectivity index (χ1) is 4.13. The van der Waals surface area contributed by atoms with Gasteiger partial charge >= 0.3 is 5.97 Å². The van der Waals surface area contributed by atoms with Gasteiger partial charge in [-0.15, -0.1) is 10.2 Å². The number of carboxylic acid groups (broad SMARTS) is 1. The van der Waals surface area contributed by atoms with Crippen LogP contribution in [0.5, 0.6) is 0 Å². The van der Waals surface area contributed by atoms with Gasteiger partial charge in [0.25, 0.3) is 0 Å². The molecule has 0 rings (SSSR count). The number of aliphatic carboxylic acids is 1. The van der Waals surface area contributed by atoms with Crippen LogP contribution in [-0.2, 0) is 4.79 Å². The molecular weight excluding hydrogens is 124 g/mol. The van der Waals surface area contributed by atoms with Crippen molar-refractivity contribution in [2.75, 3.05) is 0 Å². The minimum atomic E-state index is -1.19. The average molecular weight is 130 g/mol. The summed E-state index contributed by atoms with van der Waals surface area (Å²) in [5.74, 6) is -1.47. The molecule has 0 unspecified atom stereocenters. The maximum atomic E-state index is 9.68. The molecule has 0 fully saturated rings. The molecule has 0 atom stereocenters. The summed E-state index contributed by atoms with van der Waals surface area (Å²) in [5.41, 5.74) is 9.60. The second kappa shape index (κ2) is 3.42. The molecule has 0 bridgehead atoms. The summed E-state index contributed by atoms with van der Waals surface area (Å²) < 4.78 is 0. The van der Waals surface area contributed by atoms with Gasteiger partial charge in [-0.3, -0.25) is 0 Å². The maximum Gasteiger partial charge on any atom is 0.348 e. The minimum absolute atomic E-state index is 0.271. The molecule has 0 aromatic rings. The van der Waals surface area contributed by atoms with Crippen LogP contribution in [0.4, 0.5) is 0 Å². The van der Waals surface area contributed by atoms with Crippen molar-refractivity contribution in [2.45, 2.75) is 0 Å². The van der Waals surface area contributed by atoms with E-state index in [0.717, 1.165) is 0 Å². The molecule has 0 aliphatic heterocycles. The normalized spacial score (nSPS) is 9.33. The van der Waals surface area contributed by atoms with Gasteiger partial charge in [0.15, 0.2) is 0 Å². The molecule has 6 nitrogen and oxygen atoms in total. The number of nitrogens with two attached hydrogens (primary N) is 2. The molecule has 9 heavy (non-hydrogen) atoms. The lowest BCUT2D eigenvalue weighted by Gasteiger charge is -1.80. The highest BCUT2D eigenvalue weighted by Gasteiger charge is 1.83. The van der Waals surface area contributed by atoms with Gasteiger partial charge in [-0.25, -0.2) is 4.79 Å². The molecule has 5 N–H and O–H groups in total. The molecule has 0 saturated carbocycles. The van der Waals surface area contributed by atoms with Crippen LogP contribution in [0.25, 0.3) is 0 Å².